The molecule has 14 heteroatoms. The molecule has 2 saturated heterocycles. The van der Waals surface area contributed by atoms with Gasteiger partial charge in [0.25, 0.3) is 0 Å². The van der Waals surface area contributed by atoms with Crippen molar-refractivity contribution in [2.75, 3.05) is 13.2 Å². The summed E-state index contributed by atoms with van der Waals surface area (Å²) in [6.07, 6.45) is -8.88. The molecule has 2 aliphatic rings. The molecule has 9 atom stereocenters. The predicted molar refractivity (Wildman–Crippen MR) is 146 cm³/mol. The second-order valence-electron chi connectivity index (χ2n) is 10.4. The van der Waals surface area contributed by atoms with Crippen molar-refractivity contribution in [2.24, 2.45) is 0 Å². The first kappa shape index (κ1) is 32.4. The summed E-state index contributed by atoms with van der Waals surface area (Å²) in [4.78, 5) is 12.4. The summed E-state index contributed by atoms with van der Waals surface area (Å²) in [5, 5.41) is 80.6. The average molecular weight is 609 g/mol. The number of aromatic hydroxyl groups is 4. The van der Waals surface area contributed by atoms with Gasteiger partial charge in [-0.3, -0.25) is 0 Å². The van der Waals surface area contributed by atoms with Crippen molar-refractivity contribution in [3.05, 3.63) is 53.6 Å². The van der Waals surface area contributed by atoms with E-state index in [2.05, 4.69) is 0 Å². The van der Waals surface area contributed by atoms with Crippen molar-refractivity contribution < 1.29 is 69.3 Å². The van der Waals surface area contributed by atoms with Crippen LogP contribution in [0.2, 0.25) is 0 Å². The van der Waals surface area contributed by atoms with E-state index in [1.807, 2.05) is 0 Å². The van der Waals surface area contributed by atoms with Gasteiger partial charge in [0.15, 0.2) is 35.6 Å². The molecular formula is C29H36O14. The number of aliphatic hydroxyl groups is 4. The fourth-order valence-corrected chi connectivity index (χ4v) is 4.60. The minimum atomic E-state index is -1.59. The summed E-state index contributed by atoms with van der Waals surface area (Å²) in [6, 6.07) is 8.17. The van der Waals surface area contributed by atoms with Crippen LogP contribution in [0.25, 0.3) is 6.08 Å². The maximum Gasteiger partial charge on any atom is 0.330 e. The Balaban J connectivity index is 1.43. The summed E-state index contributed by atoms with van der Waals surface area (Å²) >= 11 is 0. The SMILES string of the molecule is C[C@@H]1O[C@@H](OC2[C@@H](O)[C@H](OCCc3ccc(O)c(O)c3)O[C@H](COC(=O)/C=C/c3ccc(O)c(O)c3)[C@H]2O)[C@H](O)C[C@H]1O. The molecule has 43 heavy (non-hydrogen) atoms. The van der Waals surface area contributed by atoms with Crippen molar-refractivity contribution >= 4 is 12.0 Å². The van der Waals surface area contributed by atoms with Crippen molar-refractivity contribution in [3.8, 4) is 23.0 Å². The lowest BCUT2D eigenvalue weighted by molar-refractivity contribution is -0.348. The van der Waals surface area contributed by atoms with E-state index >= 15 is 0 Å². The van der Waals surface area contributed by atoms with E-state index in [-0.39, 0.29) is 42.4 Å². The van der Waals surface area contributed by atoms with Crippen LogP contribution in [0, 0.1) is 0 Å². The first-order valence-electron chi connectivity index (χ1n) is 13.6. The lowest BCUT2D eigenvalue weighted by Crippen LogP contribution is -2.62. The number of rotatable bonds is 10. The van der Waals surface area contributed by atoms with Gasteiger partial charge in [0.2, 0.25) is 0 Å². The molecule has 14 nitrogen and oxygen atoms in total. The number of phenols is 4. The van der Waals surface area contributed by atoms with Gasteiger partial charge in [0.1, 0.15) is 37.1 Å². The van der Waals surface area contributed by atoms with Crippen molar-refractivity contribution in [1.29, 1.82) is 0 Å². The molecule has 0 saturated carbocycles. The minimum absolute atomic E-state index is 0.0325. The molecule has 0 bridgehead atoms. The van der Waals surface area contributed by atoms with Gasteiger partial charge in [0, 0.05) is 12.5 Å². The van der Waals surface area contributed by atoms with Crippen LogP contribution in [0.3, 0.4) is 0 Å². The zero-order chi connectivity index (χ0) is 31.3. The highest BCUT2D eigenvalue weighted by atomic mass is 16.7. The second kappa shape index (κ2) is 14.3. The van der Waals surface area contributed by atoms with Gasteiger partial charge in [-0.25, -0.2) is 4.79 Å². The Hall–Kier alpha value is -3.47. The number of aliphatic hydroxyl groups excluding tert-OH is 4. The number of hydrogen-bond acceptors (Lipinski definition) is 14. The quantitative estimate of drug-likeness (QED) is 0.101. The van der Waals surface area contributed by atoms with Crippen LogP contribution >= 0.6 is 0 Å². The molecule has 2 aromatic carbocycles. The van der Waals surface area contributed by atoms with E-state index in [9.17, 15) is 45.6 Å². The molecule has 2 aliphatic heterocycles. The number of phenolic OH excluding ortho intramolecular Hbond substituents is 4. The molecule has 0 amide bonds. The van der Waals surface area contributed by atoms with Crippen molar-refractivity contribution in [3.63, 3.8) is 0 Å². The molecule has 0 spiro atoms. The van der Waals surface area contributed by atoms with Crippen LogP contribution < -0.4 is 0 Å². The first-order valence-corrected chi connectivity index (χ1v) is 13.6. The number of carbonyl (C=O) groups is 1. The fraction of sp³-hybridized carbons (Fsp3) is 0.483. The molecule has 0 radical (unpaired) electrons. The minimum Gasteiger partial charge on any atom is -0.504 e. The summed E-state index contributed by atoms with van der Waals surface area (Å²) in [5.74, 6) is -2.12. The molecule has 4 rings (SSSR count). The van der Waals surface area contributed by atoms with Gasteiger partial charge >= 0.3 is 5.97 Å². The Labute approximate surface area is 246 Å². The lowest BCUT2D eigenvalue weighted by Gasteiger charge is -2.45. The standard InChI is InChI=1S/C29H36O14/c1-14-19(32)12-22(35)28(41-14)43-27-25(37)23(13-40-24(36)7-4-15-2-5-17(30)20(33)10-15)42-29(26(27)38)39-9-8-16-3-6-18(31)21(34)11-16/h2-7,10-11,14,19,22-23,25-35,37-38H,8-9,12-13H2,1H3/b7-4+/t14-,19+,22+,23+,25+,26+,27?,28-,29+/m0/s1. The van der Waals surface area contributed by atoms with Gasteiger partial charge < -0.3 is 64.5 Å². The smallest absolute Gasteiger partial charge is 0.330 e. The van der Waals surface area contributed by atoms with Gasteiger partial charge in [-0.2, -0.15) is 0 Å². The number of esters is 1. The van der Waals surface area contributed by atoms with E-state index in [4.69, 9.17) is 23.7 Å². The van der Waals surface area contributed by atoms with Crippen LogP contribution in [0.5, 0.6) is 23.0 Å². The lowest BCUT2D eigenvalue weighted by atomic mass is 9.98. The first-order chi connectivity index (χ1) is 20.4. The number of carbonyl (C=O) groups excluding carboxylic acids is 1. The predicted octanol–water partition coefficient (Wildman–Crippen LogP) is 0.0133. The van der Waals surface area contributed by atoms with E-state index in [1.54, 1.807) is 13.0 Å². The summed E-state index contributed by atoms with van der Waals surface area (Å²) in [5.41, 5.74) is 1.01. The zero-order valence-corrected chi connectivity index (χ0v) is 23.2. The Kier molecular flexibility index (Phi) is 10.8. The zero-order valence-electron chi connectivity index (χ0n) is 23.2. The Morgan fingerprint density at radius 2 is 1.58 bits per heavy atom. The topological polar surface area (TPSA) is 225 Å². The normalized spacial score (nSPS) is 31.2. The van der Waals surface area contributed by atoms with E-state index in [1.165, 1.54) is 36.4 Å². The number of ether oxygens (including phenoxy) is 5. The third kappa shape index (κ3) is 8.34. The Morgan fingerprint density at radius 1 is 0.884 bits per heavy atom. The Morgan fingerprint density at radius 3 is 2.28 bits per heavy atom. The second-order valence-corrected chi connectivity index (χ2v) is 10.4. The molecule has 2 fully saturated rings. The molecule has 2 heterocycles. The molecule has 236 valence electrons. The Bertz CT molecular complexity index is 1270. The monoisotopic (exact) mass is 608 g/mol. The van der Waals surface area contributed by atoms with E-state index < -0.39 is 67.9 Å². The van der Waals surface area contributed by atoms with Crippen LogP contribution in [-0.4, -0.2) is 115 Å². The highest BCUT2D eigenvalue weighted by molar-refractivity contribution is 5.87. The molecule has 0 aliphatic carbocycles. The highest BCUT2D eigenvalue weighted by Gasteiger charge is 2.49. The molecule has 0 aromatic heterocycles. The maximum atomic E-state index is 12.4. The summed E-state index contributed by atoms with van der Waals surface area (Å²) in [7, 11) is 0. The molecule has 8 N–H and O–H groups in total. The van der Waals surface area contributed by atoms with Gasteiger partial charge in [-0.1, -0.05) is 12.1 Å². The maximum absolute atomic E-state index is 12.4. The van der Waals surface area contributed by atoms with Crippen LogP contribution in [0.4, 0.5) is 0 Å². The van der Waals surface area contributed by atoms with Gasteiger partial charge in [-0.05, 0) is 54.8 Å². The van der Waals surface area contributed by atoms with Crippen LogP contribution in [0.1, 0.15) is 24.5 Å². The molecular weight excluding hydrogens is 572 g/mol. The van der Waals surface area contributed by atoms with E-state index in [0.29, 0.717) is 11.1 Å². The third-order valence-corrected chi connectivity index (χ3v) is 7.13. The highest BCUT2D eigenvalue weighted by Crippen LogP contribution is 2.30. The number of benzene rings is 2. The van der Waals surface area contributed by atoms with Crippen molar-refractivity contribution in [2.45, 2.75) is 75.1 Å². The third-order valence-electron chi connectivity index (χ3n) is 7.13. The van der Waals surface area contributed by atoms with Crippen molar-refractivity contribution in [1.82, 2.24) is 0 Å². The largest absolute Gasteiger partial charge is 0.504 e. The fourth-order valence-electron chi connectivity index (χ4n) is 4.60. The summed E-state index contributed by atoms with van der Waals surface area (Å²) in [6.45, 7) is 1.05. The molecule has 1 unspecified atom stereocenters. The average Bonchev–Trinajstić information content (AvgIpc) is 2.96. The molecule has 2 aromatic rings. The summed E-state index contributed by atoms with van der Waals surface area (Å²) < 4.78 is 28.0. The number of hydrogen-bond donors (Lipinski definition) is 8. The van der Waals surface area contributed by atoms with Crippen LogP contribution in [-0.2, 0) is 34.9 Å². The van der Waals surface area contributed by atoms with Crippen LogP contribution in [0.15, 0.2) is 42.5 Å². The van der Waals surface area contributed by atoms with E-state index in [0.717, 1.165) is 6.08 Å². The van der Waals surface area contributed by atoms with Gasteiger partial charge in [0.05, 0.1) is 18.8 Å². The van der Waals surface area contributed by atoms with Gasteiger partial charge in [-0.15, -0.1) is 0 Å².